The fraction of sp³-hybridized carbons (Fsp3) is 0.273. The van der Waals surface area contributed by atoms with Crippen LogP contribution in [0.3, 0.4) is 0 Å². The van der Waals surface area contributed by atoms with Gasteiger partial charge in [-0.3, -0.25) is 4.57 Å². The normalized spacial score (nSPS) is 11.1. The van der Waals surface area contributed by atoms with Gasteiger partial charge in [0, 0.05) is 17.7 Å². The molecule has 0 radical (unpaired) electrons. The Hall–Kier alpha value is -2.84. The summed E-state index contributed by atoms with van der Waals surface area (Å²) in [6, 6.07) is 15.4. The fourth-order valence-corrected chi connectivity index (χ4v) is 4.08. The van der Waals surface area contributed by atoms with Crippen LogP contribution in [0.25, 0.3) is 17.1 Å². The van der Waals surface area contributed by atoms with Gasteiger partial charge in [-0.05, 0) is 49.7 Å². The highest BCUT2D eigenvalue weighted by atomic mass is 35.5. The van der Waals surface area contributed by atoms with Crippen molar-refractivity contribution < 1.29 is 9.26 Å². The van der Waals surface area contributed by atoms with Gasteiger partial charge in [0.25, 0.3) is 0 Å². The van der Waals surface area contributed by atoms with E-state index in [0.717, 1.165) is 35.7 Å². The smallest absolute Gasteiger partial charge is 0.237 e. The zero-order valence-corrected chi connectivity index (χ0v) is 18.9. The first kappa shape index (κ1) is 21.4. The summed E-state index contributed by atoms with van der Waals surface area (Å²) in [7, 11) is 0. The molecule has 0 amide bonds. The maximum Gasteiger partial charge on any atom is 0.237 e. The molecule has 31 heavy (non-hydrogen) atoms. The van der Waals surface area contributed by atoms with Crippen molar-refractivity contribution in [2.45, 2.75) is 37.6 Å². The van der Waals surface area contributed by atoms with Gasteiger partial charge in [0.15, 0.2) is 16.8 Å². The Balaban J connectivity index is 1.68. The zero-order valence-electron chi connectivity index (χ0n) is 17.3. The molecular formula is C22H22ClN5O2S. The van der Waals surface area contributed by atoms with Gasteiger partial charge in [0.2, 0.25) is 5.89 Å². The molecule has 0 atom stereocenters. The Morgan fingerprint density at radius 1 is 1.06 bits per heavy atom. The van der Waals surface area contributed by atoms with Gasteiger partial charge in [-0.2, -0.15) is 4.98 Å². The molecule has 0 unspecified atom stereocenters. The molecule has 9 heteroatoms. The van der Waals surface area contributed by atoms with E-state index in [1.165, 1.54) is 11.8 Å². The minimum Gasteiger partial charge on any atom is -0.494 e. The summed E-state index contributed by atoms with van der Waals surface area (Å²) in [6.45, 7) is 4.66. The van der Waals surface area contributed by atoms with Crippen molar-refractivity contribution in [1.82, 2.24) is 24.9 Å². The number of benzene rings is 2. The van der Waals surface area contributed by atoms with E-state index < -0.39 is 0 Å². The summed E-state index contributed by atoms with van der Waals surface area (Å²) in [6.07, 6.45) is 1.77. The van der Waals surface area contributed by atoms with Gasteiger partial charge in [-0.1, -0.05) is 47.6 Å². The molecule has 0 aliphatic carbocycles. The highest BCUT2D eigenvalue weighted by Gasteiger charge is 2.19. The molecule has 160 valence electrons. The van der Waals surface area contributed by atoms with Gasteiger partial charge in [-0.25, -0.2) is 0 Å². The molecule has 2 heterocycles. The van der Waals surface area contributed by atoms with Gasteiger partial charge in [0.1, 0.15) is 5.75 Å². The largest absolute Gasteiger partial charge is 0.494 e. The summed E-state index contributed by atoms with van der Waals surface area (Å²) in [5, 5.41) is 14.2. The standard InChI is InChI=1S/C22H22ClN5O2S/c1-3-7-19-24-20(30-27-19)14-31-22-26-25-21(17-8-5-6-9-18(17)23)28(22)15-10-12-16(13-11-15)29-4-2/h5-6,8-13H,3-4,7,14H2,1-2H3. The molecule has 0 spiro atoms. The van der Waals surface area contributed by atoms with Gasteiger partial charge in [-0.15, -0.1) is 10.2 Å². The van der Waals surface area contributed by atoms with Crippen molar-refractivity contribution in [2.24, 2.45) is 0 Å². The summed E-state index contributed by atoms with van der Waals surface area (Å²) < 4.78 is 12.9. The Labute approximate surface area is 189 Å². The van der Waals surface area contributed by atoms with Crippen LogP contribution in [0.2, 0.25) is 5.02 Å². The minimum atomic E-state index is 0.494. The van der Waals surface area contributed by atoms with Crippen LogP contribution in [-0.2, 0) is 12.2 Å². The summed E-state index contributed by atoms with van der Waals surface area (Å²) >= 11 is 7.94. The predicted molar refractivity (Wildman–Crippen MR) is 121 cm³/mol. The number of nitrogens with zero attached hydrogens (tertiary/aromatic N) is 5. The maximum atomic E-state index is 6.46. The molecule has 4 rings (SSSR count). The van der Waals surface area contributed by atoms with Crippen molar-refractivity contribution in [3.8, 4) is 22.8 Å². The molecular weight excluding hydrogens is 434 g/mol. The zero-order chi connectivity index (χ0) is 21.6. The summed E-state index contributed by atoms with van der Waals surface area (Å²) in [5.74, 6) is 3.25. The van der Waals surface area contributed by atoms with Crippen LogP contribution < -0.4 is 4.74 Å². The second-order valence-corrected chi connectivity index (χ2v) is 8.04. The van der Waals surface area contributed by atoms with Crippen LogP contribution >= 0.6 is 23.4 Å². The molecule has 2 aromatic carbocycles. The topological polar surface area (TPSA) is 78.9 Å². The van der Waals surface area contributed by atoms with E-state index in [4.69, 9.17) is 20.9 Å². The molecule has 0 N–H and O–H groups in total. The lowest BCUT2D eigenvalue weighted by molar-refractivity contribution is 0.340. The van der Waals surface area contributed by atoms with E-state index in [0.29, 0.717) is 34.3 Å². The highest BCUT2D eigenvalue weighted by molar-refractivity contribution is 7.98. The third-order valence-corrected chi connectivity index (χ3v) is 5.71. The third-order valence-electron chi connectivity index (χ3n) is 4.46. The van der Waals surface area contributed by atoms with Crippen LogP contribution in [0, 0.1) is 0 Å². The van der Waals surface area contributed by atoms with Crippen molar-refractivity contribution in [3.63, 3.8) is 0 Å². The minimum absolute atomic E-state index is 0.494. The number of ether oxygens (including phenoxy) is 1. The molecule has 0 aliphatic heterocycles. The number of halogens is 1. The lowest BCUT2D eigenvalue weighted by Crippen LogP contribution is -2.01. The molecule has 0 aliphatic rings. The summed E-state index contributed by atoms with van der Waals surface area (Å²) in [4.78, 5) is 4.43. The highest BCUT2D eigenvalue weighted by Crippen LogP contribution is 2.33. The SMILES string of the molecule is CCCc1noc(CSc2nnc(-c3ccccc3Cl)n2-c2ccc(OCC)cc2)n1. The first-order valence-electron chi connectivity index (χ1n) is 10.1. The van der Waals surface area contributed by atoms with Crippen molar-refractivity contribution in [1.29, 1.82) is 0 Å². The maximum absolute atomic E-state index is 6.46. The lowest BCUT2D eigenvalue weighted by Gasteiger charge is -2.12. The van der Waals surface area contributed by atoms with Gasteiger partial charge in [0.05, 0.1) is 17.4 Å². The molecule has 0 bridgehead atoms. The van der Waals surface area contributed by atoms with E-state index >= 15 is 0 Å². The Bertz CT molecular complexity index is 1140. The molecule has 0 fully saturated rings. The van der Waals surface area contributed by atoms with E-state index in [1.807, 2.05) is 60.0 Å². The number of aryl methyl sites for hydroxylation is 1. The van der Waals surface area contributed by atoms with E-state index in [9.17, 15) is 0 Å². The average molecular weight is 456 g/mol. The van der Waals surface area contributed by atoms with Gasteiger partial charge >= 0.3 is 0 Å². The molecule has 0 saturated carbocycles. The number of hydrogen-bond acceptors (Lipinski definition) is 7. The Kier molecular flexibility index (Phi) is 6.89. The Morgan fingerprint density at radius 2 is 1.87 bits per heavy atom. The first-order chi connectivity index (χ1) is 15.2. The predicted octanol–water partition coefficient (Wildman–Crippen LogP) is 5.61. The van der Waals surface area contributed by atoms with Crippen molar-refractivity contribution in [3.05, 3.63) is 65.3 Å². The second-order valence-electron chi connectivity index (χ2n) is 6.69. The quantitative estimate of drug-likeness (QED) is 0.303. The second kappa shape index (κ2) is 9.98. The van der Waals surface area contributed by atoms with Crippen molar-refractivity contribution in [2.75, 3.05) is 6.61 Å². The van der Waals surface area contributed by atoms with Gasteiger partial charge < -0.3 is 9.26 Å². The average Bonchev–Trinajstić information content (AvgIpc) is 3.41. The van der Waals surface area contributed by atoms with E-state index in [1.54, 1.807) is 0 Å². The number of aromatic nitrogens is 5. The Morgan fingerprint density at radius 3 is 2.61 bits per heavy atom. The number of hydrogen-bond donors (Lipinski definition) is 0. The van der Waals surface area contributed by atoms with Crippen molar-refractivity contribution >= 4 is 23.4 Å². The molecule has 4 aromatic rings. The molecule has 7 nitrogen and oxygen atoms in total. The lowest BCUT2D eigenvalue weighted by atomic mass is 10.2. The molecule has 0 saturated heterocycles. The summed E-state index contributed by atoms with van der Waals surface area (Å²) in [5.41, 5.74) is 1.71. The van der Waals surface area contributed by atoms with Crippen LogP contribution in [0.4, 0.5) is 0 Å². The van der Waals surface area contributed by atoms with Crippen LogP contribution in [0.15, 0.2) is 58.2 Å². The van der Waals surface area contributed by atoms with Crippen LogP contribution in [0.1, 0.15) is 32.0 Å². The van der Waals surface area contributed by atoms with E-state index in [-0.39, 0.29) is 0 Å². The van der Waals surface area contributed by atoms with Crippen LogP contribution in [-0.4, -0.2) is 31.5 Å². The van der Waals surface area contributed by atoms with Crippen LogP contribution in [0.5, 0.6) is 5.75 Å². The fourth-order valence-electron chi connectivity index (χ4n) is 3.07. The molecule has 2 aromatic heterocycles. The monoisotopic (exact) mass is 455 g/mol. The third kappa shape index (κ3) is 4.91. The number of rotatable bonds is 9. The van der Waals surface area contributed by atoms with E-state index in [2.05, 4.69) is 27.3 Å². The number of thioether (sulfide) groups is 1. The first-order valence-corrected chi connectivity index (χ1v) is 11.4.